The fraction of sp³-hybridized carbons (Fsp3) is 0.500. The molecule has 2 heterocycles. The molecule has 1 atom stereocenters. The van der Waals surface area contributed by atoms with Crippen molar-refractivity contribution in [3.05, 3.63) is 47.3 Å². The van der Waals surface area contributed by atoms with Crippen molar-refractivity contribution in [1.29, 1.82) is 0 Å². The van der Waals surface area contributed by atoms with E-state index in [2.05, 4.69) is 18.9 Å². The number of carbonyl (C=O) groups excluding carboxylic acids is 1. The molecule has 0 radical (unpaired) electrons. The van der Waals surface area contributed by atoms with E-state index in [9.17, 15) is 14.7 Å². The summed E-state index contributed by atoms with van der Waals surface area (Å²) in [5, 5.41) is 13.8. The zero-order valence-electron chi connectivity index (χ0n) is 16.7. The number of carbonyl (C=O) groups is 2. The van der Waals surface area contributed by atoms with Crippen molar-refractivity contribution in [2.75, 3.05) is 13.1 Å². The highest BCUT2D eigenvalue weighted by Crippen LogP contribution is 2.59. The lowest BCUT2D eigenvalue weighted by Crippen LogP contribution is -2.40. The molecule has 2 aliphatic rings. The van der Waals surface area contributed by atoms with Gasteiger partial charge in [-0.3, -0.25) is 9.59 Å². The van der Waals surface area contributed by atoms with Crippen molar-refractivity contribution in [2.24, 2.45) is 11.3 Å². The number of aromatic nitrogens is 2. The molecule has 1 aliphatic carbocycles. The molecular weight excluding hydrogens is 354 g/mol. The van der Waals surface area contributed by atoms with Crippen LogP contribution in [0.3, 0.4) is 0 Å². The van der Waals surface area contributed by atoms with Gasteiger partial charge in [0, 0.05) is 13.1 Å². The predicted molar refractivity (Wildman–Crippen MR) is 106 cm³/mol. The Bertz CT molecular complexity index is 906. The highest BCUT2D eigenvalue weighted by Gasteiger charge is 2.59. The lowest BCUT2D eigenvalue weighted by Gasteiger charge is -2.32. The SMILES string of the molecule is Cc1ccc(-n2ncc(C(=O)N3CCC4(CC3)CC4C(=O)O)c2C(C)C)cc1. The maximum atomic E-state index is 13.2. The number of nitrogens with zero attached hydrogens (tertiary/aromatic N) is 3. The Morgan fingerprint density at radius 1 is 1.18 bits per heavy atom. The molecule has 148 valence electrons. The fourth-order valence-electron chi connectivity index (χ4n) is 4.54. The van der Waals surface area contributed by atoms with Gasteiger partial charge in [-0.15, -0.1) is 0 Å². The van der Waals surface area contributed by atoms with Crippen LogP contribution in [0.5, 0.6) is 0 Å². The Morgan fingerprint density at radius 2 is 1.82 bits per heavy atom. The third kappa shape index (κ3) is 3.11. The number of likely N-dealkylation sites (tertiary alicyclic amines) is 1. The second kappa shape index (κ2) is 6.76. The molecule has 1 aliphatic heterocycles. The summed E-state index contributed by atoms with van der Waals surface area (Å²) in [4.78, 5) is 26.4. The number of benzene rings is 1. The van der Waals surface area contributed by atoms with Crippen LogP contribution in [-0.2, 0) is 4.79 Å². The highest BCUT2D eigenvalue weighted by atomic mass is 16.4. The van der Waals surface area contributed by atoms with E-state index in [-0.39, 0.29) is 23.2 Å². The summed E-state index contributed by atoms with van der Waals surface area (Å²) in [7, 11) is 0. The summed E-state index contributed by atoms with van der Waals surface area (Å²) < 4.78 is 1.87. The summed E-state index contributed by atoms with van der Waals surface area (Å²) in [6.45, 7) is 7.44. The number of carboxylic acid groups (broad SMARTS) is 1. The lowest BCUT2D eigenvalue weighted by atomic mass is 9.90. The van der Waals surface area contributed by atoms with Gasteiger partial charge in [-0.05, 0) is 49.7 Å². The van der Waals surface area contributed by atoms with Crippen LogP contribution in [0, 0.1) is 18.3 Å². The first-order valence-electron chi connectivity index (χ1n) is 9.99. The van der Waals surface area contributed by atoms with Gasteiger partial charge in [-0.25, -0.2) is 4.68 Å². The predicted octanol–water partition coefficient (Wildman–Crippen LogP) is 3.63. The summed E-state index contributed by atoms with van der Waals surface area (Å²) in [5.41, 5.74) is 3.63. The van der Waals surface area contributed by atoms with Gasteiger partial charge >= 0.3 is 5.97 Å². The molecule has 2 fully saturated rings. The average molecular weight is 381 g/mol. The number of piperidine rings is 1. The number of hydrogen-bond acceptors (Lipinski definition) is 3. The topological polar surface area (TPSA) is 75.4 Å². The van der Waals surface area contributed by atoms with Gasteiger partial charge < -0.3 is 10.0 Å². The zero-order valence-corrected chi connectivity index (χ0v) is 16.7. The number of aryl methyl sites for hydroxylation is 1. The normalized spacial score (nSPS) is 20.6. The van der Waals surface area contributed by atoms with Crippen LogP contribution in [-0.4, -0.2) is 44.8 Å². The minimum Gasteiger partial charge on any atom is -0.481 e. The van der Waals surface area contributed by atoms with Crippen molar-refractivity contribution in [3.8, 4) is 5.69 Å². The molecule has 1 aromatic heterocycles. The van der Waals surface area contributed by atoms with Crippen LogP contribution < -0.4 is 0 Å². The van der Waals surface area contributed by atoms with Crippen LogP contribution in [0.1, 0.15) is 60.6 Å². The second-order valence-electron chi connectivity index (χ2n) is 8.60. The third-order valence-electron chi connectivity index (χ3n) is 6.40. The first-order chi connectivity index (χ1) is 13.3. The molecule has 4 rings (SSSR count). The summed E-state index contributed by atoms with van der Waals surface area (Å²) in [6.07, 6.45) is 3.99. The molecule has 6 nitrogen and oxygen atoms in total. The first-order valence-corrected chi connectivity index (χ1v) is 9.99. The van der Waals surface area contributed by atoms with Crippen LogP contribution in [0.2, 0.25) is 0 Å². The van der Waals surface area contributed by atoms with E-state index in [1.165, 1.54) is 5.56 Å². The van der Waals surface area contributed by atoms with Gasteiger partial charge in [-0.2, -0.15) is 5.10 Å². The van der Waals surface area contributed by atoms with Crippen LogP contribution in [0.4, 0.5) is 0 Å². The Morgan fingerprint density at radius 3 is 2.36 bits per heavy atom. The number of aliphatic carboxylic acids is 1. The Balaban J connectivity index is 1.55. The lowest BCUT2D eigenvalue weighted by molar-refractivity contribution is -0.139. The summed E-state index contributed by atoms with van der Waals surface area (Å²) in [6, 6.07) is 8.13. The maximum absolute atomic E-state index is 13.2. The largest absolute Gasteiger partial charge is 0.481 e. The van der Waals surface area contributed by atoms with E-state index < -0.39 is 5.97 Å². The van der Waals surface area contributed by atoms with Crippen LogP contribution in [0.15, 0.2) is 30.5 Å². The molecule has 1 amide bonds. The fourth-order valence-corrected chi connectivity index (χ4v) is 4.54. The Kier molecular flexibility index (Phi) is 4.52. The minimum absolute atomic E-state index is 0.00411. The quantitative estimate of drug-likeness (QED) is 0.877. The van der Waals surface area contributed by atoms with Gasteiger partial charge in [0.2, 0.25) is 0 Å². The first kappa shape index (κ1) is 18.7. The minimum atomic E-state index is -0.693. The number of rotatable bonds is 4. The smallest absolute Gasteiger partial charge is 0.307 e. The van der Waals surface area contributed by atoms with Crippen LogP contribution >= 0.6 is 0 Å². The third-order valence-corrected chi connectivity index (χ3v) is 6.40. The second-order valence-corrected chi connectivity index (χ2v) is 8.60. The summed E-state index contributed by atoms with van der Waals surface area (Å²) >= 11 is 0. The number of amides is 1. The van der Waals surface area contributed by atoms with Crippen molar-refractivity contribution in [3.63, 3.8) is 0 Å². The molecule has 1 aromatic carbocycles. The average Bonchev–Trinajstić information content (AvgIpc) is 3.18. The molecule has 1 unspecified atom stereocenters. The van der Waals surface area contributed by atoms with E-state index in [0.717, 1.165) is 30.6 Å². The van der Waals surface area contributed by atoms with Crippen LogP contribution in [0.25, 0.3) is 5.69 Å². The summed E-state index contributed by atoms with van der Waals surface area (Å²) in [5.74, 6) is -0.760. The van der Waals surface area contributed by atoms with Crippen molar-refractivity contribution >= 4 is 11.9 Å². The molecule has 0 bridgehead atoms. The Labute approximate surface area is 165 Å². The van der Waals surface area contributed by atoms with Gasteiger partial charge in [0.15, 0.2) is 0 Å². The molecule has 1 N–H and O–H groups in total. The zero-order chi connectivity index (χ0) is 20.1. The molecule has 1 saturated heterocycles. The van der Waals surface area contributed by atoms with Gasteiger partial charge in [-0.1, -0.05) is 31.5 Å². The van der Waals surface area contributed by atoms with E-state index >= 15 is 0 Å². The molecule has 2 aromatic rings. The van der Waals surface area contributed by atoms with E-state index in [1.54, 1.807) is 6.20 Å². The van der Waals surface area contributed by atoms with E-state index in [1.807, 2.05) is 40.8 Å². The number of hydrogen-bond donors (Lipinski definition) is 1. The van der Waals surface area contributed by atoms with Crippen molar-refractivity contribution in [2.45, 2.75) is 46.0 Å². The van der Waals surface area contributed by atoms with E-state index in [0.29, 0.717) is 18.7 Å². The molecule has 28 heavy (non-hydrogen) atoms. The standard InChI is InChI=1S/C22H27N3O3/c1-14(2)19-17(13-23-25(19)16-6-4-15(3)5-7-16)20(26)24-10-8-22(9-11-24)12-18(22)21(27)28/h4-7,13-14,18H,8-12H2,1-3H3,(H,27,28). The van der Waals surface area contributed by atoms with Crippen molar-refractivity contribution in [1.82, 2.24) is 14.7 Å². The van der Waals surface area contributed by atoms with Gasteiger partial charge in [0.25, 0.3) is 5.91 Å². The monoisotopic (exact) mass is 381 g/mol. The van der Waals surface area contributed by atoms with Gasteiger partial charge in [0.1, 0.15) is 0 Å². The highest BCUT2D eigenvalue weighted by molar-refractivity contribution is 5.95. The molecular formula is C22H27N3O3. The molecule has 6 heteroatoms. The molecule has 1 saturated carbocycles. The Hall–Kier alpha value is -2.63. The van der Waals surface area contributed by atoms with Gasteiger partial charge in [0.05, 0.1) is 29.1 Å². The van der Waals surface area contributed by atoms with Crippen molar-refractivity contribution < 1.29 is 14.7 Å². The van der Waals surface area contributed by atoms with E-state index in [4.69, 9.17) is 0 Å². The number of carboxylic acids is 1. The molecule has 1 spiro atoms. The maximum Gasteiger partial charge on any atom is 0.307 e.